The zero-order chi connectivity index (χ0) is 26.5. The number of benzene rings is 3. The van der Waals surface area contributed by atoms with Gasteiger partial charge in [-0.15, -0.1) is 0 Å². The molecule has 0 N–H and O–H groups in total. The summed E-state index contributed by atoms with van der Waals surface area (Å²) in [5, 5.41) is 9.54. The standard InChI is InChI=1S/C33H39NO3/c1-4-6-7-8-9-10-21-36-31-17-13-26(14-18-31)27-15-19-32(20-16-27)37-33(35)29-12-11-28(22-25(3)5-2)30(23-29)24-34/h11-20,23,25H,4-10,21-22H2,1-3H3/t25-/m0/s1. The van der Waals surface area contributed by atoms with Crippen LogP contribution in [0, 0.1) is 17.2 Å². The van der Waals surface area contributed by atoms with Crippen molar-refractivity contribution in [1.29, 1.82) is 5.26 Å². The summed E-state index contributed by atoms with van der Waals surface area (Å²) in [5.74, 6) is 1.37. The van der Waals surface area contributed by atoms with E-state index in [-0.39, 0.29) is 0 Å². The predicted octanol–water partition coefficient (Wildman–Crippen LogP) is 8.77. The molecule has 3 aromatic rings. The van der Waals surface area contributed by atoms with Crippen LogP contribution in [0.4, 0.5) is 0 Å². The molecule has 3 rings (SSSR count). The molecule has 0 heterocycles. The molecule has 37 heavy (non-hydrogen) atoms. The van der Waals surface area contributed by atoms with Crippen LogP contribution in [0.1, 0.15) is 87.2 Å². The van der Waals surface area contributed by atoms with E-state index in [1.165, 1.54) is 32.1 Å². The molecular weight excluding hydrogens is 458 g/mol. The third kappa shape index (κ3) is 8.79. The number of hydrogen-bond donors (Lipinski definition) is 0. The molecule has 4 nitrogen and oxygen atoms in total. The van der Waals surface area contributed by atoms with Crippen molar-refractivity contribution in [1.82, 2.24) is 0 Å². The highest BCUT2D eigenvalue weighted by Gasteiger charge is 2.13. The van der Waals surface area contributed by atoms with Crippen LogP contribution in [0.2, 0.25) is 0 Å². The second-order valence-electron chi connectivity index (χ2n) is 9.76. The molecule has 1 atom stereocenters. The molecule has 0 unspecified atom stereocenters. The number of nitrogens with zero attached hydrogens (tertiary/aromatic N) is 1. The van der Waals surface area contributed by atoms with Crippen molar-refractivity contribution in [2.24, 2.45) is 5.92 Å². The first-order chi connectivity index (χ1) is 18.0. The lowest BCUT2D eigenvalue weighted by molar-refractivity contribution is 0.0734. The third-order valence-corrected chi connectivity index (χ3v) is 6.75. The molecule has 0 radical (unpaired) electrons. The summed E-state index contributed by atoms with van der Waals surface area (Å²) in [6.45, 7) is 7.28. The lowest BCUT2D eigenvalue weighted by Crippen LogP contribution is -2.10. The first kappa shape index (κ1) is 28.0. The number of rotatable bonds is 14. The molecular formula is C33H39NO3. The number of esters is 1. The number of unbranched alkanes of at least 4 members (excludes halogenated alkanes) is 5. The van der Waals surface area contributed by atoms with Gasteiger partial charge in [0, 0.05) is 0 Å². The van der Waals surface area contributed by atoms with Crippen LogP contribution in [-0.2, 0) is 6.42 Å². The molecule has 0 aliphatic heterocycles. The maximum atomic E-state index is 12.7. The van der Waals surface area contributed by atoms with Crippen molar-refractivity contribution in [2.75, 3.05) is 6.61 Å². The minimum absolute atomic E-state index is 0.380. The lowest BCUT2D eigenvalue weighted by atomic mass is 9.94. The lowest BCUT2D eigenvalue weighted by Gasteiger charge is -2.11. The molecule has 0 amide bonds. The number of nitriles is 1. The summed E-state index contributed by atoms with van der Waals surface area (Å²) in [5.41, 5.74) is 3.98. The monoisotopic (exact) mass is 497 g/mol. The van der Waals surface area contributed by atoms with Crippen LogP contribution in [0.25, 0.3) is 11.1 Å². The molecule has 3 aromatic carbocycles. The Morgan fingerprint density at radius 3 is 2.08 bits per heavy atom. The van der Waals surface area contributed by atoms with E-state index in [0.717, 1.165) is 48.3 Å². The van der Waals surface area contributed by atoms with Gasteiger partial charge in [-0.1, -0.05) is 89.6 Å². The third-order valence-electron chi connectivity index (χ3n) is 6.75. The Hall–Kier alpha value is -3.58. The topological polar surface area (TPSA) is 59.3 Å². The van der Waals surface area contributed by atoms with Gasteiger partial charge in [0.1, 0.15) is 11.5 Å². The highest BCUT2D eigenvalue weighted by Crippen LogP contribution is 2.26. The van der Waals surface area contributed by atoms with Gasteiger partial charge in [0.2, 0.25) is 0 Å². The molecule has 0 bridgehead atoms. The highest BCUT2D eigenvalue weighted by atomic mass is 16.5. The zero-order valence-corrected chi connectivity index (χ0v) is 22.5. The first-order valence-electron chi connectivity index (χ1n) is 13.6. The smallest absolute Gasteiger partial charge is 0.343 e. The van der Waals surface area contributed by atoms with E-state index >= 15 is 0 Å². The number of ether oxygens (including phenoxy) is 2. The Bertz CT molecular complexity index is 1160. The van der Waals surface area contributed by atoms with Crippen LogP contribution < -0.4 is 9.47 Å². The molecule has 0 saturated heterocycles. The fraction of sp³-hybridized carbons (Fsp3) is 0.394. The van der Waals surface area contributed by atoms with Crippen molar-refractivity contribution in [3.63, 3.8) is 0 Å². The van der Waals surface area contributed by atoms with Crippen LogP contribution in [-0.4, -0.2) is 12.6 Å². The van der Waals surface area contributed by atoms with Crippen molar-refractivity contribution in [2.45, 2.75) is 72.1 Å². The number of hydrogen-bond acceptors (Lipinski definition) is 4. The summed E-state index contributed by atoms with van der Waals surface area (Å²) >= 11 is 0. The summed E-state index contributed by atoms with van der Waals surface area (Å²) in [6.07, 6.45) is 9.37. The van der Waals surface area contributed by atoms with E-state index in [1.807, 2.05) is 42.5 Å². The first-order valence-corrected chi connectivity index (χ1v) is 13.6. The molecule has 0 aromatic heterocycles. The van der Waals surface area contributed by atoms with E-state index in [2.05, 4.69) is 26.8 Å². The van der Waals surface area contributed by atoms with Crippen LogP contribution in [0.15, 0.2) is 66.7 Å². The van der Waals surface area contributed by atoms with Crippen molar-refractivity contribution < 1.29 is 14.3 Å². The van der Waals surface area contributed by atoms with Crippen LogP contribution >= 0.6 is 0 Å². The van der Waals surface area contributed by atoms with Gasteiger partial charge in [-0.2, -0.15) is 5.26 Å². The predicted molar refractivity (Wildman–Crippen MR) is 150 cm³/mol. The SMILES string of the molecule is CCCCCCCCOc1ccc(-c2ccc(OC(=O)c3ccc(C[C@@H](C)CC)c(C#N)c3)cc2)cc1. The highest BCUT2D eigenvalue weighted by molar-refractivity contribution is 5.91. The van der Waals surface area contributed by atoms with Crippen molar-refractivity contribution in [3.8, 4) is 28.7 Å². The summed E-state index contributed by atoms with van der Waals surface area (Å²) in [4.78, 5) is 12.7. The molecule has 194 valence electrons. The summed E-state index contributed by atoms with van der Waals surface area (Å²) in [6, 6.07) is 23.0. The molecule has 0 spiro atoms. The van der Waals surface area contributed by atoms with Gasteiger partial charge in [0.15, 0.2) is 0 Å². The van der Waals surface area contributed by atoms with Gasteiger partial charge in [-0.05, 0) is 71.8 Å². The number of carbonyl (C=O) groups is 1. The van der Waals surface area contributed by atoms with Crippen molar-refractivity contribution >= 4 is 5.97 Å². The minimum Gasteiger partial charge on any atom is -0.494 e. The van der Waals surface area contributed by atoms with E-state index in [9.17, 15) is 10.1 Å². The zero-order valence-electron chi connectivity index (χ0n) is 22.5. The molecule has 0 saturated carbocycles. The Morgan fingerprint density at radius 1 is 0.838 bits per heavy atom. The Morgan fingerprint density at radius 2 is 1.46 bits per heavy atom. The fourth-order valence-corrected chi connectivity index (χ4v) is 4.20. The van der Waals surface area contributed by atoms with Gasteiger partial charge >= 0.3 is 5.97 Å². The molecule has 0 aliphatic carbocycles. The fourth-order valence-electron chi connectivity index (χ4n) is 4.20. The van der Waals surface area contributed by atoms with Gasteiger partial charge in [-0.3, -0.25) is 0 Å². The van der Waals surface area contributed by atoms with Crippen LogP contribution in [0.3, 0.4) is 0 Å². The van der Waals surface area contributed by atoms with Gasteiger partial charge in [0.05, 0.1) is 23.8 Å². The quantitative estimate of drug-likeness (QED) is 0.127. The van der Waals surface area contributed by atoms with E-state index in [0.29, 0.717) is 22.8 Å². The second kappa shape index (κ2) is 14.9. The second-order valence-corrected chi connectivity index (χ2v) is 9.76. The Balaban J connectivity index is 1.53. The number of carbonyl (C=O) groups excluding carboxylic acids is 1. The maximum absolute atomic E-state index is 12.7. The maximum Gasteiger partial charge on any atom is 0.343 e. The van der Waals surface area contributed by atoms with Crippen molar-refractivity contribution in [3.05, 3.63) is 83.4 Å². The molecule has 4 heteroatoms. The Labute approximate surface area is 222 Å². The normalized spacial score (nSPS) is 11.5. The van der Waals surface area contributed by atoms with E-state index in [1.54, 1.807) is 24.3 Å². The largest absolute Gasteiger partial charge is 0.494 e. The average molecular weight is 498 g/mol. The summed E-state index contributed by atoms with van der Waals surface area (Å²) < 4.78 is 11.4. The van der Waals surface area contributed by atoms with Gasteiger partial charge in [0.25, 0.3) is 0 Å². The minimum atomic E-state index is -0.466. The van der Waals surface area contributed by atoms with Crippen LogP contribution in [0.5, 0.6) is 11.5 Å². The molecule has 0 aliphatic rings. The van der Waals surface area contributed by atoms with E-state index in [4.69, 9.17) is 9.47 Å². The van der Waals surface area contributed by atoms with Gasteiger partial charge < -0.3 is 9.47 Å². The van der Waals surface area contributed by atoms with Gasteiger partial charge in [-0.25, -0.2) is 4.79 Å². The summed E-state index contributed by atoms with van der Waals surface area (Å²) in [7, 11) is 0. The van der Waals surface area contributed by atoms with E-state index < -0.39 is 5.97 Å². The average Bonchev–Trinajstić information content (AvgIpc) is 2.93. The Kier molecular flexibility index (Phi) is 11.2. The molecule has 0 fully saturated rings.